The smallest absolute Gasteiger partial charge is 0.264 e. The minimum absolute atomic E-state index is 0.0405. The van der Waals surface area contributed by atoms with Gasteiger partial charge in [0.1, 0.15) is 22.0 Å². The van der Waals surface area contributed by atoms with Crippen LogP contribution in [0.3, 0.4) is 0 Å². The van der Waals surface area contributed by atoms with E-state index in [0.717, 1.165) is 42.8 Å². The Hall–Kier alpha value is -3.74. The zero-order chi connectivity index (χ0) is 24.3. The second-order valence-corrected chi connectivity index (χ2v) is 10.7. The SMILES string of the molecule is C=C(c1sc(C#N)cc1C)c1n[nH]c2nc(N3CCC4(CC3)Cc3ccccc3[C@H]4N)[nH]c(=O)c12. The van der Waals surface area contributed by atoms with Crippen molar-refractivity contribution in [3.63, 3.8) is 0 Å². The summed E-state index contributed by atoms with van der Waals surface area (Å²) >= 11 is 1.35. The van der Waals surface area contributed by atoms with Gasteiger partial charge < -0.3 is 10.6 Å². The average molecular weight is 484 g/mol. The van der Waals surface area contributed by atoms with Gasteiger partial charge in [0.05, 0.1) is 0 Å². The van der Waals surface area contributed by atoms with E-state index >= 15 is 0 Å². The molecule has 1 atom stereocenters. The fraction of sp³-hybridized carbons (Fsp3) is 0.308. The average Bonchev–Trinajstić information content (AvgIpc) is 3.54. The molecule has 2 aliphatic rings. The van der Waals surface area contributed by atoms with Gasteiger partial charge in [0.2, 0.25) is 5.95 Å². The summed E-state index contributed by atoms with van der Waals surface area (Å²) in [6, 6.07) is 12.5. The molecule has 0 radical (unpaired) electrons. The highest BCUT2D eigenvalue weighted by Gasteiger charge is 2.46. The normalized spacial score (nSPS) is 18.7. The zero-order valence-corrected chi connectivity index (χ0v) is 20.2. The number of piperidine rings is 1. The predicted octanol–water partition coefficient (Wildman–Crippen LogP) is 3.79. The van der Waals surface area contributed by atoms with Crippen molar-refractivity contribution in [3.8, 4) is 6.07 Å². The molecule has 6 rings (SSSR count). The number of nitrogens with one attached hydrogen (secondary N) is 2. The van der Waals surface area contributed by atoms with Gasteiger partial charge in [0.25, 0.3) is 5.56 Å². The van der Waals surface area contributed by atoms with Crippen LogP contribution in [0.25, 0.3) is 16.6 Å². The molecule has 0 unspecified atom stereocenters. The van der Waals surface area contributed by atoms with Gasteiger partial charge in [-0.05, 0) is 54.4 Å². The van der Waals surface area contributed by atoms with Crippen LogP contribution in [0.5, 0.6) is 0 Å². The first-order chi connectivity index (χ1) is 16.9. The molecule has 3 aromatic heterocycles. The number of aryl methyl sites for hydroxylation is 1. The van der Waals surface area contributed by atoms with Crippen LogP contribution < -0.4 is 16.2 Å². The van der Waals surface area contributed by atoms with Crippen LogP contribution >= 0.6 is 11.3 Å². The first-order valence-electron chi connectivity index (χ1n) is 11.7. The molecule has 4 aromatic rings. The number of hydrogen-bond donors (Lipinski definition) is 3. The molecule has 9 heteroatoms. The van der Waals surface area contributed by atoms with Gasteiger partial charge >= 0.3 is 0 Å². The number of H-pyrrole nitrogens is 2. The number of aromatic nitrogens is 4. The topological polar surface area (TPSA) is 127 Å². The lowest BCUT2D eigenvalue weighted by molar-refractivity contribution is 0.187. The van der Waals surface area contributed by atoms with Crippen LogP contribution in [0.1, 0.15) is 51.0 Å². The molecule has 0 saturated carbocycles. The Kier molecular flexibility index (Phi) is 4.91. The highest BCUT2D eigenvalue weighted by molar-refractivity contribution is 7.13. The van der Waals surface area contributed by atoms with Gasteiger partial charge in [-0.3, -0.25) is 14.9 Å². The molecule has 1 fully saturated rings. The van der Waals surface area contributed by atoms with Crippen LogP contribution in [0.2, 0.25) is 0 Å². The number of rotatable bonds is 3. The summed E-state index contributed by atoms with van der Waals surface area (Å²) < 4.78 is 0. The number of fused-ring (bicyclic) bond motifs is 2. The van der Waals surface area contributed by atoms with Crippen LogP contribution in [-0.4, -0.2) is 33.3 Å². The van der Waals surface area contributed by atoms with Crippen molar-refractivity contribution >= 4 is 33.9 Å². The predicted molar refractivity (Wildman–Crippen MR) is 137 cm³/mol. The second-order valence-electron chi connectivity index (χ2n) is 9.60. The molecule has 0 bridgehead atoms. The number of thiophene rings is 1. The van der Waals surface area contributed by atoms with Gasteiger partial charge in [-0.25, -0.2) is 0 Å². The van der Waals surface area contributed by atoms with E-state index in [4.69, 9.17) is 10.7 Å². The number of anilines is 1. The largest absolute Gasteiger partial charge is 0.342 e. The lowest BCUT2D eigenvalue weighted by Crippen LogP contribution is -2.45. The van der Waals surface area contributed by atoms with E-state index < -0.39 is 0 Å². The fourth-order valence-corrected chi connectivity index (χ4v) is 6.65. The van der Waals surface area contributed by atoms with Crippen molar-refractivity contribution in [2.75, 3.05) is 18.0 Å². The summed E-state index contributed by atoms with van der Waals surface area (Å²) in [6.07, 6.45) is 2.88. The quantitative estimate of drug-likeness (QED) is 0.407. The Labute approximate surface area is 206 Å². The monoisotopic (exact) mass is 483 g/mol. The van der Waals surface area contributed by atoms with Crippen molar-refractivity contribution in [1.29, 1.82) is 5.26 Å². The Morgan fingerprint density at radius 3 is 2.83 bits per heavy atom. The maximum Gasteiger partial charge on any atom is 0.264 e. The summed E-state index contributed by atoms with van der Waals surface area (Å²) in [5.74, 6) is 0.543. The van der Waals surface area contributed by atoms with E-state index in [1.807, 2.05) is 13.0 Å². The van der Waals surface area contributed by atoms with E-state index in [1.54, 1.807) is 0 Å². The van der Waals surface area contributed by atoms with Crippen molar-refractivity contribution in [2.45, 2.75) is 32.2 Å². The van der Waals surface area contributed by atoms with Crippen molar-refractivity contribution in [1.82, 2.24) is 20.2 Å². The first-order valence-corrected chi connectivity index (χ1v) is 12.5. The maximum absolute atomic E-state index is 13.2. The molecule has 4 N–H and O–H groups in total. The number of aromatic amines is 2. The summed E-state index contributed by atoms with van der Waals surface area (Å²) in [4.78, 5) is 24.4. The van der Waals surface area contributed by atoms with Gasteiger partial charge in [-0.1, -0.05) is 30.8 Å². The second kappa shape index (κ2) is 7.90. The molecule has 35 heavy (non-hydrogen) atoms. The molecule has 1 saturated heterocycles. The van der Waals surface area contributed by atoms with E-state index in [2.05, 4.69) is 57.0 Å². The van der Waals surface area contributed by atoms with Crippen molar-refractivity contribution in [2.24, 2.45) is 11.1 Å². The third-order valence-corrected chi connectivity index (χ3v) is 8.86. The van der Waals surface area contributed by atoms with E-state index in [0.29, 0.717) is 33.1 Å². The first kappa shape index (κ1) is 21.8. The van der Waals surface area contributed by atoms with Gasteiger partial charge in [0, 0.05) is 29.6 Å². The van der Waals surface area contributed by atoms with Crippen LogP contribution in [0.15, 0.2) is 41.7 Å². The molecule has 4 heterocycles. The summed E-state index contributed by atoms with van der Waals surface area (Å²) in [5.41, 5.74) is 11.6. The van der Waals surface area contributed by atoms with Gasteiger partial charge in [-0.15, -0.1) is 11.3 Å². The van der Waals surface area contributed by atoms with Crippen LogP contribution in [-0.2, 0) is 6.42 Å². The number of hydrogen-bond acceptors (Lipinski definition) is 7. The molecular weight excluding hydrogens is 458 g/mol. The maximum atomic E-state index is 13.2. The summed E-state index contributed by atoms with van der Waals surface area (Å²) in [6.45, 7) is 7.63. The van der Waals surface area contributed by atoms with E-state index in [9.17, 15) is 10.1 Å². The minimum Gasteiger partial charge on any atom is -0.342 e. The Balaban J connectivity index is 1.26. The lowest BCUT2D eigenvalue weighted by Gasteiger charge is -2.42. The van der Waals surface area contributed by atoms with Crippen molar-refractivity contribution < 1.29 is 0 Å². The zero-order valence-electron chi connectivity index (χ0n) is 19.4. The Morgan fingerprint density at radius 2 is 2.11 bits per heavy atom. The number of nitrogens with two attached hydrogens (primary N) is 1. The highest BCUT2D eigenvalue weighted by Crippen LogP contribution is 2.50. The Bertz CT molecular complexity index is 1580. The fourth-order valence-electron chi connectivity index (χ4n) is 5.71. The van der Waals surface area contributed by atoms with E-state index in [1.165, 1.54) is 22.5 Å². The number of nitriles is 1. The molecule has 1 aliphatic carbocycles. The molecule has 8 nitrogen and oxygen atoms in total. The summed E-state index contributed by atoms with van der Waals surface area (Å²) in [5, 5.41) is 16.9. The van der Waals surface area contributed by atoms with Gasteiger partial charge in [0.15, 0.2) is 5.65 Å². The lowest BCUT2D eigenvalue weighted by atomic mass is 9.73. The molecular formula is C26H25N7OS. The molecule has 1 spiro atoms. The summed E-state index contributed by atoms with van der Waals surface area (Å²) in [7, 11) is 0. The third-order valence-electron chi connectivity index (χ3n) is 7.66. The Morgan fingerprint density at radius 1 is 1.34 bits per heavy atom. The number of benzene rings is 1. The molecule has 1 aromatic carbocycles. The molecule has 176 valence electrons. The number of nitrogens with zero attached hydrogens (tertiary/aromatic N) is 4. The van der Waals surface area contributed by atoms with E-state index in [-0.39, 0.29) is 17.0 Å². The third kappa shape index (κ3) is 3.32. The minimum atomic E-state index is -0.255. The van der Waals surface area contributed by atoms with Crippen LogP contribution in [0.4, 0.5) is 5.95 Å². The highest BCUT2D eigenvalue weighted by atomic mass is 32.1. The van der Waals surface area contributed by atoms with Crippen molar-refractivity contribution in [3.05, 3.63) is 79.4 Å². The molecule has 1 aliphatic heterocycles. The van der Waals surface area contributed by atoms with Crippen LogP contribution in [0, 0.1) is 23.7 Å². The molecule has 0 amide bonds. The standard InChI is InChI=1S/C26H25N7OS/c1-14-11-17(13-27)35-21(14)15(2)20-19-23(32-31-20)29-25(30-24(19)34)33-9-7-26(8-10-33)12-16-5-3-4-6-18(16)22(26)28/h3-6,11,22H,2,7-10,12,28H2,1H3,(H2,29,30,31,32,34)/t22-/m1/s1. The van der Waals surface area contributed by atoms with Gasteiger partial charge in [-0.2, -0.15) is 15.3 Å².